The molecule has 3 rings (SSSR count). The van der Waals surface area contributed by atoms with E-state index in [2.05, 4.69) is 39.2 Å². The van der Waals surface area contributed by atoms with Crippen LogP contribution in [0.25, 0.3) is 0 Å². The Morgan fingerprint density at radius 3 is 2.33 bits per heavy atom. The molecule has 232 valence electrons. The summed E-state index contributed by atoms with van der Waals surface area (Å²) in [5.41, 5.74) is 5.69. The van der Waals surface area contributed by atoms with Crippen LogP contribution in [0.4, 0.5) is 4.79 Å². The van der Waals surface area contributed by atoms with Crippen molar-refractivity contribution >= 4 is 33.9 Å². The van der Waals surface area contributed by atoms with E-state index in [0.29, 0.717) is 24.6 Å². The second-order valence-electron chi connectivity index (χ2n) is 10.9. The summed E-state index contributed by atoms with van der Waals surface area (Å²) in [4.78, 5) is 38.5. The number of hydrogen-bond acceptors (Lipinski definition) is 5. The van der Waals surface area contributed by atoms with Crippen LogP contribution in [0.15, 0.2) is 53.0 Å². The molecule has 0 saturated heterocycles. The number of hydrogen-bond donors (Lipinski definition) is 3. The third-order valence-corrected chi connectivity index (χ3v) is 8.48. The maximum absolute atomic E-state index is 13.2. The molecule has 0 aliphatic heterocycles. The van der Waals surface area contributed by atoms with Crippen molar-refractivity contribution in [2.75, 3.05) is 13.1 Å². The summed E-state index contributed by atoms with van der Waals surface area (Å²) in [6.07, 6.45) is 8.75. The van der Waals surface area contributed by atoms with Crippen LogP contribution in [-0.2, 0) is 27.4 Å². The van der Waals surface area contributed by atoms with Crippen molar-refractivity contribution in [1.82, 2.24) is 10.6 Å². The Morgan fingerprint density at radius 2 is 1.67 bits per heavy atom. The first-order valence-corrected chi connectivity index (χ1v) is 15.7. The van der Waals surface area contributed by atoms with Crippen molar-refractivity contribution in [3.8, 4) is 5.75 Å². The fourth-order valence-electron chi connectivity index (χ4n) is 5.08. The minimum absolute atomic E-state index is 0. The van der Waals surface area contributed by atoms with Gasteiger partial charge >= 0.3 is 6.16 Å². The quantitative estimate of drug-likeness (QED) is 0.153. The fourth-order valence-corrected chi connectivity index (χ4v) is 5.48. The number of unbranched alkanes of at least 4 members (excludes halogenated alkanes) is 4. The van der Waals surface area contributed by atoms with Crippen molar-refractivity contribution in [1.29, 1.82) is 0 Å². The molecule has 42 heavy (non-hydrogen) atoms. The van der Waals surface area contributed by atoms with E-state index in [1.165, 1.54) is 12.8 Å². The molecule has 0 radical (unpaired) electrons. The molecule has 1 atom stereocenters. The van der Waals surface area contributed by atoms with Gasteiger partial charge in [0.25, 0.3) is 0 Å². The maximum atomic E-state index is 13.2. The molecule has 0 bridgehead atoms. The van der Waals surface area contributed by atoms with Gasteiger partial charge in [-0.3, -0.25) is 9.59 Å². The van der Waals surface area contributed by atoms with Crippen molar-refractivity contribution in [3.63, 3.8) is 0 Å². The van der Waals surface area contributed by atoms with E-state index in [4.69, 9.17) is 9.47 Å². The molecular weight excluding hydrogens is 622 g/mol. The molecule has 8 nitrogen and oxygen atoms in total. The lowest BCUT2D eigenvalue weighted by molar-refractivity contribution is -0.380. The summed E-state index contributed by atoms with van der Waals surface area (Å²) < 4.78 is 11.4. The Morgan fingerprint density at radius 1 is 0.976 bits per heavy atom. The zero-order chi connectivity index (χ0) is 29.5. The van der Waals surface area contributed by atoms with Gasteiger partial charge in [0.1, 0.15) is 18.4 Å². The number of nitrogens with one attached hydrogen (secondary N) is 2. The number of amides is 2. The number of carbonyl (C=O) groups is 3. The van der Waals surface area contributed by atoms with Gasteiger partial charge in [0.05, 0.1) is 6.54 Å². The SMILES string of the molecule is CCCCCCCNC(=O)[C@H](Cc1ccc(OC(=O)OCc2ccccc2Br)cc1)NC(=O)C1CCC(C[NH3+])CC1.[Cl-]. The first-order chi connectivity index (χ1) is 19.9. The number of ether oxygens (including phenoxy) is 2. The lowest BCUT2D eigenvalue weighted by Gasteiger charge is -2.27. The van der Waals surface area contributed by atoms with Crippen molar-refractivity contribution in [3.05, 3.63) is 64.1 Å². The maximum Gasteiger partial charge on any atom is 0.514 e. The summed E-state index contributed by atoms with van der Waals surface area (Å²) in [6.45, 7) is 3.76. The largest absolute Gasteiger partial charge is 1.00 e. The number of quaternary nitrogens is 1. The third-order valence-electron chi connectivity index (χ3n) is 7.71. The standard InChI is InChI=1S/C32H44BrN3O5.ClH/c1-2-3-4-5-8-19-35-31(38)29(36-30(37)25-15-11-24(21-34)12-16-25)20-23-13-17-27(18-14-23)41-32(39)40-22-26-9-6-7-10-28(26)33;/h6-7,9-10,13-14,17-18,24-25,29H,2-5,8,11-12,15-16,19-22,34H2,1H3,(H,35,38)(H,36,37);1H/t24?,25?,29-;/m0./s1. The van der Waals surface area contributed by atoms with Crippen LogP contribution in [0.5, 0.6) is 5.75 Å². The molecule has 0 heterocycles. The summed E-state index contributed by atoms with van der Waals surface area (Å²) in [7, 11) is 0. The van der Waals surface area contributed by atoms with Gasteiger partial charge in [-0.15, -0.1) is 0 Å². The first kappa shape index (κ1) is 35.6. The van der Waals surface area contributed by atoms with Gasteiger partial charge in [0.2, 0.25) is 11.8 Å². The highest BCUT2D eigenvalue weighted by molar-refractivity contribution is 9.10. The lowest BCUT2D eigenvalue weighted by atomic mass is 9.81. The van der Waals surface area contributed by atoms with E-state index < -0.39 is 12.2 Å². The van der Waals surface area contributed by atoms with Gasteiger partial charge in [-0.05, 0) is 55.9 Å². The summed E-state index contributed by atoms with van der Waals surface area (Å²) in [5, 5.41) is 6.06. The molecule has 0 unspecified atom stereocenters. The van der Waals surface area contributed by atoms with E-state index in [9.17, 15) is 14.4 Å². The zero-order valence-electron chi connectivity index (χ0n) is 24.5. The molecule has 2 aromatic carbocycles. The molecule has 1 aliphatic rings. The molecule has 2 aromatic rings. The van der Waals surface area contributed by atoms with Crippen LogP contribution < -0.4 is 33.5 Å². The van der Waals surface area contributed by atoms with Crippen LogP contribution in [0.3, 0.4) is 0 Å². The third kappa shape index (κ3) is 12.3. The molecule has 5 N–H and O–H groups in total. The van der Waals surface area contributed by atoms with Crippen LogP contribution in [0.1, 0.15) is 75.8 Å². The Labute approximate surface area is 264 Å². The van der Waals surface area contributed by atoms with E-state index >= 15 is 0 Å². The lowest BCUT2D eigenvalue weighted by Crippen LogP contribution is -3.00. The normalized spacial score (nSPS) is 16.9. The van der Waals surface area contributed by atoms with Crippen LogP contribution in [0, 0.1) is 11.8 Å². The summed E-state index contributed by atoms with van der Waals surface area (Å²) in [6, 6.07) is 13.7. The molecule has 0 aromatic heterocycles. The molecule has 1 saturated carbocycles. The van der Waals surface area contributed by atoms with Crippen LogP contribution in [-0.4, -0.2) is 37.1 Å². The topological polar surface area (TPSA) is 121 Å². The average molecular weight is 667 g/mol. The second kappa shape index (κ2) is 19.5. The van der Waals surface area contributed by atoms with Gasteiger partial charge in [-0.25, -0.2) is 4.79 Å². The Balaban J connectivity index is 0.00000616. The smallest absolute Gasteiger partial charge is 0.514 e. The summed E-state index contributed by atoms with van der Waals surface area (Å²) in [5.74, 6) is 0.634. The number of carbonyl (C=O) groups excluding carboxylic acids is 3. The van der Waals surface area contributed by atoms with Gasteiger partial charge < -0.3 is 38.2 Å². The number of halogens is 2. The fraction of sp³-hybridized carbons (Fsp3) is 0.531. The summed E-state index contributed by atoms with van der Waals surface area (Å²) >= 11 is 3.43. The van der Waals surface area contributed by atoms with Gasteiger partial charge in [0, 0.05) is 34.8 Å². The first-order valence-electron chi connectivity index (χ1n) is 14.9. The number of benzene rings is 2. The minimum Gasteiger partial charge on any atom is -1.00 e. The van der Waals surface area contributed by atoms with Gasteiger partial charge in [-0.1, -0.05) is 78.9 Å². The molecule has 1 fully saturated rings. The molecular formula is C32H45BrClN3O5. The monoisotopic (exact) mass is 665 g/mol. The number of rotatable bonds is 15. The predicted molar refractivity (Wildman–Crippen MR) is 162 cm³/mol. The average Bonchev–Trinajstić information content (AvgIpc) is 2.99. The molecule has 10 heteroatoms. The van der Waals surface area contributed by atoms with Crippen LogP contribution in [0.2, 0.25) is 0 Å². The van der Waals surface area contributed by atoms with Crippen molar-refractivity contribution < 1.29 is 42.0 Å². The highest BCUT2D eigenvalue weighted by Crippen LogP contribution is 2.28. The minimum atomic E-state index is -0.800. The van der Waals surface area contributed by atoms with E-state index in [1.807, 2.05) is 24.3 Å². The Bertz CT molecular complexity index is 1110. The highest BCUT2D eigenvalue weighted by Gasteiger charge is 2.29. The highest BCUT2D eigenvalue weighted by atomic mass is 79.9. The second-order valence-corrected chi connectivity index (χ2v) is 11.7. The van der Waals surface area contributed by atoms with E-state index in [0.717, 1.165) is 67.1 Å². The van der Waals surface area contributed by atoms with Crippen molar-refractivity contribution in [2.24, 2.45) is 11.8 Å². The van der Waals surface area contributed by atoms with E-state index in [-0.39, 0.29) is 36.7 Å². The van der Waals surface area contributed by atoms with Crippen molar-refractivity contribution in [2.45, 2.75) is 83.8 Å². The van der Waals surface area contributed by atoms with Gasteiger partial charge in [-0.2, -0.15) is 0 Å². The zero-order valence-corrected chi connectivity index (χ0v) is 26.9. The Kier molecular flexibility index (Phi) is 16.6. The predicted octanol–water partition coefficient (Wildman–Crippen LogP) is 2.33. The Hall–Kier alpha value is -2.62. The van der Waals surface area contributed by atoms with E-state index in [1.54, 1.807) is 24.3 Å². The van der Waals surface area contributed by atoms with Crippen LogP contribution >= 0.6 is 15.9 Å². The molecule has 0 spiro atoms. The molecule has 2 amide bonds. The van der Waals surface area contributed by atoms with Gasteiger partial charge in [0.15, 0.2) is 0 Å². The molecule has 1 aliphatic carbocycles.